The number of benzene rings is 2. The van der Waals surface area contributed by atoms with Gasteiger partial charge in [-0.3, -0.25) is 29.0 Å². The molecule has 0 aliphatic carbocycles. The topological polar surface area (TPSA) is 132 Å². The average Bonchev–Trinajstić information content (AvgIpc) is 3.34. The van der Waals surface area contributed by atoms with Crippen LogP contribution in [0.5, 0.6) is 5.75 Å². The quantitative estimate of drug-likeness (QED) is 0.184. The Morgan fingerprint density at radius 1 is 1.10 bits per heavy atom. The van der Waals surface area contributed by atoms with Crippen molar-refractivity contribution in [2.45, 2.75) is 56.3 Å². The van der Waals surface area contributed by atoms with E-state index in [0.29, 0.717) is 40.3 Å². The molecule has 2 aromatic rings. The maximum atomic E-state index is 12.7. The summed E-state index contributed by atoms with van der Waals surface area (Å²) in [5.74, 6) is -0.658. The number of rotatable bonds is 15. The minimum atomic E-state index is -0.584. The lowest BCUT2D eigenvalue weighted by Gasteiger charge is -2.36. The fourth-order valence-electron chi connectivity index (χ4n) is 6.11. The van der Waals surface area contributed by atoms with Crippen molar-refractivity contribution in [1.82, 2.24) is 15.1 Å². The lowest BCUT2D eigenvalue weighted by molar-refractivity contribution is -0.142. The van der Waals surface area contributed by atoms with E-state index in [1.54, 1.807) is 6.07 Å². The fraction of sp³-hybridized carbons (Fsp3) is 0.529. The van der Waals surface area contributed by atoms with Crippen molar-refractivity contribution in [3.63, 3.8) is 0 Å². The maximum absolute atomic E-state index is 12.7. The number of anilines is 2. The number of piperazine rings is 1. The van der Waals surface area contributed by atoms with Gasteiger partial charge >= 0.3 is 0 Å². The summed E-state index contributed by atoms with van der Waals surface area (Å²) in [7, 11) is 0. The largest absolute Gasteiger partial charge is 0.494 e. The van der Waals surface area contributed by atoms with Crippen LogP contribution in [-0.4, -0.2) is 108 Å². The van der Waals surface area contributed by atoms with Gasteiger partial charge < -0.3 is 25.4 Å². The number of ether oxygens (including phenoxy) is 1. The van der Waals surface area contributed by atoms with Gasteiger partial charge in [-0.05, 0) is 49.6 Å². The highest BCUT2D eigenvalue weighted by molar-refractivity contribution is 8.00. The number of nitrogens with zero attached hydrogens (tertiary/aromatic N) is 3. The third-order valence-corrected chi connectivity index (χ3v) is 11.1. The Hall–Kier alpha value is -3.03. The summed E-state index contributed by atoms with van der Waals surface area (Å²) < 4.78 is 6.01. The number of halogens is 2. The predicted octanol–water partition coefficient (Wildman–Crippen LogP) is 4.15. The van der Waals surface area contributed by atoms with E-state index in [9.17, 15) is 24.3 Å². The Kier molecular flexibility index (Phi) is 12.9. The van der Waals surface area contributed by atoms with E-state index in [1.165, 1.54) is 11.8 Å². The van der Waals surface area contributed by atoms with Gasteiger partial charge in [-0.15, -0.1) is 11.8 Å². The summed E-state index contributed by atoms with van der Waals surface area (Å²) in [6.07, 6.45) is 2.13. The van der Waals surface area contributed by atoms with Gasteiger partial charge in [0, 0.05) is 69.0 Å². The van der Waals surface area contributed by atoms with Crippen molar-refractivity contribution in [2.75, 3.05) is 68.4 Å². The molecule has 3 atom stereocenters. The molecule has 0 saturated carbocycles. The number of hydrogen-bond donors (Lipinski definition) is 3. The van der Waals surface area contributed by atoms with Gasteiger partial charge in [-0.25, -0.2) is 0 Å². The van der Waals surface area contributed by atoms with Crippen molar-refractivity contribution >= 4 is 70.0 Å². The van der Waals surface area contributed by atoms with Crippen LogP contribution in [0.4, 0.5) is 11.4 Å². The van der Waals surface area contributed by atoms with Crippen LogP contribution in [0.2, 0.25) is 10.0 Å². The molecule has 48 heavy (non-hydrogen) atoms. The molecule has 0 aromatic heterocycles. The molecule has 3 aliphatic rings. The van der Waals surface area contributed by atoms with Crippen LogP contribution < -0.4 is 20.3 Å². The van der Waals surface area contributed by atoms with Crippen LogP contribution in [0.25, 0.3) is 0 Å². The number of nitrogens with one attached hydrogen (secondary N) is 2. The zero-order valence-electron chi connectivity index (χ0n) is 27.1. The monoisotopic (exact) mass is 719 g/mol. The van der Waals surface area contributed by atoms with Crippen LogP contribution in [0, 0.1) is 0 Å². The highest BCUT2D eigenvalue weighted by Crippen LogP contribution is 2.35. The molecule has 3 aliphatic heterocycles. The molecule has 5 rings (SSSR count). The van der Waals surface area contributed by atoms with E-state index in [-0.39, 0.29) is 37.8 Å². The zero-order chi connectivity index (χ0) is 34.2. The Morgan fingerprint density at radius 3 is 2.67 bits per heavy atom. The van der Waals surface area contributed by atoms with E-state index >= 15 is 0 Å². The minimum absolute atomic E-state index is 0.0206. The maximum Gasteiger partial charge on any atom is 0.243 e. The van der Waals surface area contributed by atoms with Gasteiger partial charge in [-0.2, -0.15) is 0 Å². The number of hydrogen-bond acceptors (Lipinski definition) is 9. The first kappa shape index (κ1) is 36.3. The summed E-state index contributed by atoms with van der Waals surface area (Å²) in [6, 6.07) is 11.3. The van der Waals surface area contributed by atoms with E-state index in [4.69, 9.17) is 27.9 Å². The molecule has 260 valence electrons. The summed E-state index contributed by atoms with van der Waals surface area (Å²) >= 11 is 13.8. The van der Waals surface area contributed by atoms with Crippen molar-refractivity contribution in [3.8, 4) is 5.75 Å². The number of likely N-dealkylation sites (tertiary alicyclic amines) is 1. The Labute approximate surface area is 295 Å². The zero-order valence-corrected chi connectivity index (χ0v) is 29.4. The second-order valence-electron chi connectivity index (χ2n) is 12.4. The van der Waals surface area contributed by atoms with Gasteiger partial charge in [0.15, 0.2) is 0 Å². The molecule has 0 spiro atoms. The van der Waals surface area contributed by atoms with Crippen LogP contribution in [-0.2, 0) is 19.2 Å². The lowest BCUT2D eigenvalue weighted by atomic mass is 9.90. The Bertz CT molecular complexity index is 1490. The molecule has 2 saturated heterocycles. The van der Waals surface area contributed by atoms with Gasteiger partial charge in [0.05, 0.1) is 33.7 Å². The minimum Gasteiger partial charge on any atom is -0.494 e. The first-order valence-electron chi connectivity index (χ1n) is 16.5. The smallest absolute Gasteiger partial charge is 0.243 e. The first-order chi connectivity index (χ1) is 23.1. The Morgan fingerprint density at radius 2 is 1.90 bits per heavy atom. The molecule has 14 heteroatoms. The normalized spacial score (nSPS) is 20.5. The van der Waals surface area contributed by atoms with Crippen molar-refractivity contribution in [3.05, 3.63) is 52.0 Å². The van der Waals surface area contributed by atoms with Gasteiger partial charge in [0.2, 0.25) is 23.6 Å². The van der Waals surface area contributed by atoms with Crippen LogP contribution in [0.15, 0.2) is 36.4 Å². The van der Waals surface area contributed by atoms with E-state index in [0.717, 1.165) is 61.7 Å². The van der Waals surface area contributed by atoms with Crippen LogP contribution >= 0.6 is 35.0 Å². The van der Waals surface area contributed by atoms with Gasteiger partial charge in [-0.1, -0.05) is 42.3 Å². The van der Waals surface area contributed by atoms with Crippen LogP contribution in [0.1, 0.15) is 50.5 Å². The SMILES string of the molecule is CCC(O)CSC1CC(=O)N(CC(=O)NCC2CC(=O)Nc3cc(OCCCCN4CCN(c5cccc(Cl)c5Cl)CC4)ccc32)C1=O. The number of aliphatic hydroxyl groups excluding tert-OH is 1. The number of imide groups is 1. The van der Waals surface area contributed by atoms with E-state index in [1.807, 2.05) is 37.3 Å². The second-order valence-corrected chi connectivity index (χ2v) is 14.4. The van der Waals surface area contributed by atoms with Crippen molar-refractivity contribution < 1.29 is 29.0 Å². The summed E-state index contributed by atoms with van der Waals surface area (Å²) in [6.45, 7) is 6.90. The number of amides is 4. The van der Waals surface area contributed by atoms with E-state index < -0.39 is 29.1 Å². The van der Waals surface area contributed by atoms with Crippen molar-refractivity contribution in [2.24, 2.45) is 0 Å². The number of carbonyl (C=O) groups excluding carboxylic acids is 4. The Balaban J connectivity index is 1.02. The summed E-state index contributed by atoms with van der Waals surface area (Å²) in [5, 5.41) is 16.1. The molecule has 3 heterocycles. The third-order valence-electron chi connectivity index (χ3n) is 8.96. The van der Waals surface area contributed by atoms with Gasteiger partial charge in [0.1, 0.15) is 12.3 Å². The van der Waals surface area contributed by atoms with E-state index in [2.05, 4.69) is 20.4 Å². The first-order valence-corrected chi connectivity index (χ1v) is 18.3. The number of unbranched alkanes of at least 4 members (excludes halogenated alkanes) is 1. The molecule has 2 fully saturated rings. The standard InChI is InChI=1S/C34H43Cl2N5O6S/c1-2-23(42)21-48-29-18-32(45)41(34(29)46)20-31(44)37-19-22-16-30(43)38-27-17-24(8-9-25(22)27)47-15-4-3-10-39-11-13-40(14-12-39)28-7-5-6-26(35)33(28)36/h5-9,17,22-23,29,42H,2-4,10-16,18-21H2,1H3,(H,37,44)(H,38,43). The fourth-order valence-corrected chi connectivity index (χ4v) is 7.75. The molecule has 3 unspecified atom stereocenters. The summed E-state index contributed by atoms with van der Waals surface area (Å²) in [4.78, 5) is 56.1. The molecular formula is C34H43Cl2N5O6S. The molecular weight excluding hydrogens is 677 g/mol. The number of carbonyl (C=O) groups is 4. The number of aliphatic hydroxyl groups is 1. The molecule has 2 aromatic carbocycles. The summed E-state index contributed by atoms with van der Waals surface area (Å²) in [5.41, 5.74) is 2.52. The van der Waals surface area contributed by atoms with Crippen molar-refractivity contribution in [1.29, 1.82) is 0 Å². The number of fused-ring (bicyclic) bond motifs is 1. The molecule has 11 nitrogen and oxygen atoms in total. The highest BCUT2D eigenvalue weighted by atomic mass is 35.5. The lowest BCUT2D eigenvalue weighted by Crippen LogP contribution is -2.46. The molecule has 3 N–H and O–H groups in total. The van der Waals surface area contributed by atoms with Gasteiger partial charge in [0.25, 0.3) is 0 Å². The third kappa shape index (κ3) is 9.35. The second kappa shape index (κ2) is 17.1. The van der Waals surface area contributed by atoms with Crippen LogP contribution in [0.3, 0.4) is 0 Å². The molecule has 0 radical (unpaired) electrons. The predicted molar refractivity (Wildman–Crippen MR) is 189 cm³/mol. The molecule has 4 amide bonds. The molecule has 0 bridgehead atoms. The average molecular weight is 721 g/mol. The highest BCUT2D eigenvalue weighted by Gasteiger charge is 2.40. The number of thioether (sulfide) groups is 1.